The van der Waals surface area contributed by atoms with Gasteiger partial charge < -0.3 is 14.7 Å². The number of hydrogen-bond donors (Lipinski definition) is 1. The number of ether oxygens (including phenoxy) is 1. The lowest BCUT2D eigenvalue weighted by Crippen LogP contribution is -2.51. The molecule has 0 bridgehead atoms. The SMILES string of the molecule is COc1cc(N2CCN(C(O)Cn3nc(-c4nccs4)c4cccnc43)CC2)ccc1Cl. The van der Waals surface area contributed by atoms with Gasteiger partial charge >= 0.3 is 0 Å². The average molecular weight is 471 g/mol. The summed E-state index contributed by atoms with van der Waals surface area (Å²) in [5, 5.41) is 20.0. The molecule has 0 aliphatic carbocycles. The Morgan fingerprint density at radius 1 is 1.16 bits per heavy atom. The summed E-state index contributed by atoms with van der Waals surface area (Å²) in [7, 11) is 1.62. The van der Waals surface area contributed by atoms with Crippen molar-refractivity contribution in [1.82, 2.24) is 24.6 Å². The predicted octanol–water partition coefficient (Wildman–Crippen LogP) is 3.36. The summed E-state index contributed by atoms with van der Waals surface area (Å²) in [6, 6.07) is 9.70. The molecule has 3 aromatic heterocycles. The number of fused-ring (bicyclic) bond motifs is 1. The van der Waals surface area contributed by atoms with E-state index in [2.05, 4.69) is 19.8 Å². The molecule has 8 nitrogen and oxygen atoms in total. The molecule has 166 valence electrons. The molecule has 10 heteroatoms. The molecule has 4 aromatic rings. The van der Waals surface area contributed by atoms with Crippen LogP contribution < -0.4 is 9.64 Å². The summed E-state index contributed by atoms with van der Waals surface area (Å²) < 4.78 is 7.12. The van der Waals surface area contributed by atoms with Crippen LogP contribution in [0.4, 0.5) is 5.69 Å². The smallest absolute Gasteiger partial charge is 0.158 e. The normalized spacial score (nSPS) is 15.9. The van der Waals surface area contributed by atoms with Crippen LogP contribution in [0.1, 0.15) is 0 Å². The molecule has 1 aliphatic heterocycles. The molecule has 1 aromatic carbocycles. The fourth-order valence-electron chi connectivity index (χ4n) is 4.03. The van der Waals surface area contributed by atoms with Gasteiger partial charge in [-0.3, -0.25) is 4.90 Å². The minimum Gasteiger partial charge on any atom is -0.495 e. The number of halogens is 1. The third kappa shape index (κ3) is 4.04. The maximum Gasteiger partial charge on any atom is 0.158 e. The number of aromatic nitrogens is 4. The molecular weight excluding hydrogens is 448 g/mol. The molecular formula is C22H23ClN6O2S. The summed E-state index contributed by atoms with van der Waals surface area (Å²) >= 11 is 7.69. The molecule has 0 saturated carbocycles. The average Bonchev–Trinajstić information content (AvgIpc) is 3.48. The molecule has 32 heavy (non-hydrogen) atoms. The molecule has 1 N–H and O–H groups in total. The molecule has 0 spiro atoms. The Bertz CT molecular complexity index is 1210. The van der Waals surface area contributed by atoms with Crippen molar-refractivity contribution < 1.29 is 9.84 Å². The summed E-state index contributed by atoms with van der Waals surface area (Å²) in [6.07, 6.45) is 2.86. The van der Waals surface area contributed by atoms with Crippen LogP contribution in [-0.2, 0) is 6.54 Å². The lowest BCUT2D eigenvalue weighted by Gasteiger charge is -2.38. The van der Waals surface area contributed by atoms with E-state index in [0.29, 0.717) is 17.3 Å². The second-order valence-corrected chi connectivity index (χ2v) is 8.87. The lowest BCUT2D eigenvalue weighted by atomic mass is 10.2. The van der Waals surface area contributed by atoms with E-state index >= 15 is 0 Å². The number of anilines is 1. The number of thiazole rings is 1. The van der Waals surface area contributed by atoms with Crippen molar-refractivity contribution in [3.05, 3.63) is 53.1 Å². The molecule has 1 unspecified atom stereocenters. The summed E-state index contributed by atoms with van der Waals surface area (Å²) in [5.74, 6) is 0.667. The van der Waals surface area contributed by atoms with Gasteiger partial charge in [0.05, 0.1) is 18.7 Å². The van der Waals surface area contributed by atoms with E-state index in [1.807, 2.05) is 35.7 Å². The Morgan fingerprint density at radius 3 is 2.75 bits per heavy atom. The maximum atomic E-state index is 11.0. The van der Waals surface area contributed by atoms with Gasteiger partial charge in [-0.05, 0) is 24.3 Å². The number of nitrogens with zero attached hydrogens (tertiary/aromatic N) is 6. The number of pyridine rings is 1. The van der Waals surface area contributed by atoms with Crippen molar-refractivity contribution in [3.63, 3.8) is 0 Å². The Labute approximate surface area is 194 Å². The quantitative estimate of drug-likeness (QED) is 0.463. The van der Waals surface area contributed by atoms with E-state index in [0.717, 1.165) is 53.6 Å². The van der Waals surface area contributed by atoms with Crippen LogP contribution in [0.15, 0.2) is 48.1 Å². The van der Waals surface area contributed by atoms with Gasteiger partial charge in [-0.25, -0.2) is 14.6 Å². The highest BCUT2D eigenvalue weighted by Gasteiger charge is 2.25. The zero-order valence-electron chi connectivity index (χ0n) is 17.6. The minimum atomic E-state index is -0.661. The summed E-state index contributed by atoms with van der Waals surface area (Å²) in [4.78, 5) is 13.2. The van der Waals surface area contributed by atoms with E-state index < -0.39 is 6.23 Å². The molecule has 5 rings (SSSR count). The van der Waals surface area contributed by atoms with Crippen LogP contribution in [0, 0.1) is 0 Å². The summed E-state index contributed by atoms with van der Waals surface area (Å²) in [6.45, 7) is 3.40. The Hall–Kier alpha value is -2.72. The largest absolute Gasteiger partial charge is 0.495 e. The number of aliphatic hydroxyl groups is 1. The van der Waals surface area contributed by atoms with E-state index in [9.17, 15) is 5.11 Å². The van der Waals surface area contributed by atoms with Crippen LogP contribution in [0.25, 0.3) is 21.7 Å². The zero-order chi connectivity index (χ0) is 22.1. The van der Waals surface area contributed by atoms with Gasteiger partial charge in [0.1, 0.15) is 22.7 Å². The predicted molar refractivity (Wildman–Crippen MR) is 126 cm³/mol. The number of aliphatic hydroxyl groups excluding tert-OH is 1. The van der Waals surface area contributed by atoms with Gasteiger partial charge in [0, 0.05) is 61.1 Å². The standard InChI is InChI=1S/C22H23ClN6O2S/c1-31-18-13-15(4-5-17(18)23)27-8-10-28(11-9-27)19(30)14-29-21-16(3-2-6-24-21)20(26-29)22-25-7-12-32-22/h2-7,12-13,19,30H,8-11,14H2,1H3. The van der Waals surface area contributed by atoms with Crippen molar-refractivity contribution >= 4 is 39.7 Å². The highest BCUT2D eigenvalue weighted by atomic mass is 35.5. The second-order valence-electron chi connectivity index (χ2n) is 7.57. The first-order chi connectivity index (χ1) is 15.6. The van der Waals surface area contributed by atoms with Gasteiger partial charge in [-0.15, -0.1) is 11.3 Å². The topological polar surface area (TPSA) is 79.5 Å². The van der Waals surface area contributed by atoms with Crippen molar-refractivity contribution in [2.75, 3.05) is 38.2 Å². The Balaban J connectivity index is 1.29. The van der Waals surface area contributed by atoms with Gasteiger partial charge in [-0.1, -0.05) is 11.6 Å². The van der Waals surface area contributed by atoms with Crippen molar-refractivity contribution in [1.29, 1.82) is 0 Å². The first-order valence-electron chi connectivity index (χ1n) is 10.4. The fraction of sp³-hybridized carbons (Fsp3) is 0.318. The third-order valence-corrected chi connectivity index (χ3v) is 6.81. The second kappa shape index (κ2) is 9.03. The van der Waals surface area contributed by atoms with Crippen molar-refractivity contribution in [3.8, 4) is 16.5 Å². The number of benzene rings is 1. The van der Waals surface area contributed by atoms with Gasteiger partial charge in [0.15, 0.2) is 5.65 Å². The molecule has 4 heterocycles. The first-order valence-corrected chi connectivity index (χ1v) is 11.6. The van der Waals surface area contributed by atoms with Crippen LogP contribution in [-0.4, -0.2) is 69.3 Å². The highest BCUT2D eigenvalue weighted by molar-refractivity contribution is 7.13. The maximum absolute atomic E-state index is 11.0. The van der Waals surface area contributed by atoms with E-state index in [1.54, 1.807) is 35.5 Å². The van der Waals surface area contributed by atoms with Crippen LogP contribution in [0.3, 0.4) is 0 Å². The van der Waals surface area contributed by atoms with Crippen molar-refractivity contribution in [2.24, 2.45) is 0 Å². The fourth-order valence-corrected chi connectivity index (χ4v) is 4.86. The van der Waals surface area contributed by atoms with E-state index in [4.69, 9.17) is 21.4 Å². The Morgan fingerprint density at radius 2 is 2.00 bits per heavy atom. The van der Waals surface area contributed by atoms with E-state index in [1.165, 1.54) is 0 Å². The van der Waals surface area contributed by atoms with Crippen LogP contribution >= 0.6 is 22.9 Å². The molecule has 1 atom stereocenters. The number of methoxy groups -OCH3 is 1. The lowest BCUT2D eigenvalue weighted by molar-refractivity contribution is -0.0131. The van der Waals surface area contributed by atoms with E-state index in [-0.39, 0.29) is 0 Å². The molecule has 1 aliphatic rings. The monoisotopic (exact) mass is 470 g/mol. The number of rotatable bonds is 6. The van der Waals surface area contributed by atoms with Gasteiger partial charge in [-0.2, -0.15) is 5.10 Å². The third-order valence-electron chi connectivity index (χ3n) is 5.71. The highest BCUT2D eigenvalue weighted by Crippen LogP contribution is 2.30. The number of piperazine rings is 1. The molecule has 0 amide bonds. The van der Waals surface area contributed by atoms with Gasteiger partial charge in [0.2, 0.25) is 0 Å². The molecule has 1 saturated heterocycles. The molecule has 0 radical (unpaired) electrons. The molecule has 1 fully saturated rings. The first kappa shape index (κ1) is 21.1. The van der Waals surface area contributed by atoms with Crippen LogP contribution in [0.2, 0.25) is 5.02 Å². The Kier molecular flexibility index (Phi) is 5.97. The van der Waals surface area contributed by atoms with Crippen molar-refractivity contribution in [2.45, 2.75) is 12.8 Å². The summed E-state index contributed by atoms with van der Waals surface area (Å²) in [5.41, 5.74) is 2.62. The number of hydrogen-bond acceptors (Lipinski definition) is 8. The zero-order valence-corrected chi connectivity index (χ0v) is 19.1. The van der Waals surface area contributed by atoms with Gasteiger partial charge in [0.25, 0.3) is 0 Å². The minimum absolute atomic E-state index is 0.341. The van der Waals surface area contributed by atoms with Crippen LogP contribution in [0.5, 0.6) is 5.75 Å².